The first-order chi connectivity index (χ1) is 12.1. The fourth-order valence-electron chi connectivity index (χ4n) is 3.21. The molecule has 2 aromatic heterocycles. The van der Waals surface area contributed by atoms with Gasteiger partial charge in [-0.05, 0) is 69.3 Å². The normalized spacial score (nSPS) is 17.4. The lowest BCUT2D eigenvalue weighted by Crippen LogP contribution is -2.42. The van der Waals surface area contributed by atoms with Gasteiger partial charge in [0.2, 0.25) is 0 Å². The fourth-order valence-corrected chi connectivity index (χ4v) is 3.96. The summed E-state index contributed by atoms with van der Waals surface area (Å²) in [6.07, 6.45) is 2.27. The highest BCUT2D eigenvalue weighted by molar-refractivity contribution is 7.09. The molecule has 136 valence electrons. The van der Waals surface area contributed by atoms with E-state index in [-0.39, 0.29) is 12.1 Å². The van der Waals surface area contributed by atoms with Crippen LogP contribution in [0.3, 0.4) is 0 Å². The van der Waals surface area contributed by atoms with Crippen LogP contribution < -0.4 is 10.6 Å². The Bertz CT molecular complexity index is 660. The Balaban J connectivity index is 1.34. The van der Waals surface area contributed by atoms with Gasteiger partial charge < -0.3 is 15.1 Å². The summed E-state index contributed by atoms with van der Waals surface area (Å²) in [4.78, 5) is 16.0. The molecule has 0 aromatic carbocycles. The summed E-state index contributed by atoms with van der Waals surface area (Å²) in [6.45, 7) is 7.84. The summed E-state index contributed by atoms with van der Waals surface area (Å²) in [6, 6.07) is 7.88. The van der Waals surface area contributed by atoms with Crippen LogP contribution in [-0.4, -0.2) is 30.6 Å². The molecular weight excluding hydrogens is 334 g/mol. The van der Waals surface area contributed by atoms with Crippen molar-refractivity contribution < 1.29 is 9.21 Å². The van der Waals surface area contributed by atoms with Gasteiger partial charge in [0.1, 0.15) is 11.5 Å². The predicted octanol–water partition coefficient (Wildman–Crippen LogP) is 3.92. The number of carbonyl (C=O) groups excluding carboxylic acids is 1. The number of hydrogen-bond acceptors (Lipinski definition) is 4. The van der Waals surface area contributed by atoms with Gasteiger partial charge >= 0.3 is 6.03 Å². The molecule has 0 aliphatic carbocycles. The summed E-state index contributed by atoms with van der Waals surface area (Å²) < 4.78 is 5.55. The number of carbonyl (C=O) groups is 1. The smallest absolute Gasteiger partial charge is 0.315 e. The third-order valence-corrected chi connectivity index (χ3v) is 5.61. The Hall–Kier alpha value is -1.79. The maximum absolute atomic E-state index is 12.1. The van der Waals surface area contributed by atoms with Crippen LogP contribution in [0.5, 0.6) is 0 Å². The largest absolute Gasteiger partial charge is 0.464 e. The van der Waals surface area contributed by atoms with Crippen molar-refractivity contribution in [1.82, 2.24) is 15.5 Å². The molecule has 2 aromatic rings. The standard InChI is InChI=1S/C19H27N3O2S/c1-14-5-6-18(24-14)15(2)21-19(23)20-12-16-7-9-22(10-8-16)13-17-4-3-11-25-17/h3-6,11,15-16H,7-10,12-13H2,1-2H3,(H2,20,21,23). The summed E-state index contributed by atoms with van der Waals surface area (Å²) in [5.41, 5.74) is 0. The molecule has 3 heterocycles. The molecule has 5 nitrogen and oxygen atoms in total. The molecule has 0 spiro atoms. The van der Waals surface area contributed by atoms with E-state index in [0.717, 1.165) is 50.5 Å². The zero-order valence-corrected chi connectivity index (χ0v) is 15.8. The molecule has 1 aliphatic rings. The number of urea groups is 1. The van der Waals surface area contributed by atoms with E-state index >= 15 is 0 Å². The molecule has 1 saturated heterocycles. The number of likely N-dealkylation sites (tertiary alicyclic amines) is 1. The molecule has 2 N–H and O–H groups in total. The molecule has 3 rings (SSSR count). The van der Waals surface area contributed by atoms with Crippen molar-refractivity contribution in [3.8, 4) is 0 Å². The maximum Gasteiger partial charge on any atom is 0.315 e. The van der Waals surface area contributed by atoms with Crippen LogP contribution in [0.1, 0.15) is 42.2 Å². The van der Waals surface area contributed by atoms with Crippen LogP contribution in [0, 0.1) is 12.8 Å². The lowest BCUT2D eigenvalue weighted by molar-refractivity contribution is 0.175. The third-order valence-electron chi connectivity index (χ3n) is 4.75. The van der Waals surface area contributed by atoms with E-state index in [4.69, 9.17) is 4.42 Å². The Morgan fingerprint density at radius 3 is 2.80 bits per heavy atom. The average Bonchev–Trinajstić information content (AvgIpc) is 3.26. The van der Waals surface area contributed by atoms with Crippen LogP contribution in [0.4, 0.5) is 4.79 Å². The molecule has 0 radical (unpaired) electrons. The van der Waals surface area contributed by atoms with Crippen molar-refractivity contribution >= 4 is 17.4 Å². The molecule has 6 heteroatoms. The summed E-state index contributed by atoms with van der Waals surface area (Å²) in [7, 11) is 0. The predicted molar refractivity (Wildman–Crippen MR) is 101 cm³/mol. The van der Waals surface area contributed by atoms with Crippen LogP contribution >= 0.6 is 11.3 Å². The first-order valence-electron chi connectivity index (χ1n) is 8.95. The second-order valence-corrected chi connectivity index (χ2v) is 7.86. The molecular formula is C19H27N3O2S. The van der Waals surface area contributed by atoms with E-state index in [1.54, 1.807) is 0 Å². The molecule has 1 fully saturated rings. The third kappa shape index (κ3) is 5.34. The highest BCUT2D eigenvalue weighted by Crippen LogP contribution is 2.20. The van der Waals surface area contributed by atoms with Gasteiger partial charge in [0, 0.05) is 18.0 Å². The lowest BCUT2D eigenvalue weighted by atomic mass is 9.97. The van der Waals surface area contributed by atoms with E-state index in [9.17, 15) is 4.79 Å². The van der Waals surface area contributed by atoms with Gasteiger partial charge in [-0.3, -0.25) is 4.90 Å². The van der Waals surface area contributed by atoms with Crippen molar-refractivity contribution in [2.45, 2.75) is 39.3 Å². The Morgan fingerprint density at radius 1 is 1.36 bits per heavy atom. The maximum atomic E-state index is 12.1. The van der Waals surface area contributed by atoms with E-state index in [1.165, 1.54) is 4.88 Å². The molecule has 1 aliphatic heterocycles. The molecule has 2 amide bonds. The van der Waals surface area contributed by atoms with Crippen LogP contribution in [0.15, 0.2) is 34.1 Å². The zero-order valence-electron chi connectivity index (χ0n) is 15.0. The summed E-state index contributed by atoms with van der Waals surface area (Å²) >= 11 is 1.82. The van der Waals surface area contributed by atoms with Crippen LogP contribution in [0.2, 0.25) is 0 Å². The highest BCUT2D eigenvalue weighted by atomic mass is 32.1. The molecule has 0 saturated carbocycles. The minimum Gasteiger partial charge on any atom is -0.464 e. The highest BCUT2D eigenvalue weighted by Gasteiger charge is 2.20. The fraction of sp³-hybridized carbons (Fsp3) is 0.526. The summed E-state index contributed by atoms with van der Waals surface area (Å²) in [5, 5.41) is 8.08. The van der Waals surface area contributed by atoms with Gasteiger partial charge in [0.25, 0.3) is 0 Å². The van der Waals surface area contributed by atoms with Gasteiger partial charge in [-0.1, -0.05) is 6.07 Å². The van der Waals surface area contributed by atoms with Crippen molar-refractivity contribution in [2.24, 2.45) is 5.92 Å². The zero-order chi connectivity index (χ0) is 17.6. The number of amides is 2. The molecule has 0 bridgehead atoms. The second kappa shape index (κ2) is 8.54. The molecule has 25 heavy (non-hydrogen) atoms. The molecule has 1 unspecified atom stereocenters. The van der Waals surface area contributed by atoms with Crippen molar-refractivity contribution in [3.63, 3.8) is 0 Å². The number of piperidine rings is 1. The van der Waals surface area contributed by atoms with Crippen molar-refractivity contribution in [1.29, 1.82) is 0 Å². The lowest BCUT2D eigenvalue weighted by Gasteiger charge is -2.31. The first kappa shape index (κ1) is 18.0. The second-order valence-electron chi connectivity index (χ2n) is 6.82. The van der Waals surface area contributed by atoms with Gasteiger partial charge in [-0.15, -0.1) is 11.3 Å². The Labute approximate surface area is 153 Å². The first-order valence-corrected chi connectivity index (χ1v) is 9.83. The Morgan fingerprint density at radius 2 is 2.16 bits per heavy atom. The average molecular weight is 362 g/mol. The van der Waals surface area contributed by atoms with Crippen LogP contribution in [-0.2, 0) is 6.54 Å². The van der Waals surface area contributed by atoms with E-state index in [0.29, 0.717) is 5.92 Å². The number of nitrogens with one attached hydrogen (secondary N) is 2. The minimum absolute atomic E-state index is 0.123. The van der Waals surface area contributed by atoms with Gasteiger partial charge in [-0.25, -0.2) is 4.79 Å². The number of hydrogen-bond donors (Lipinski definition) is 2. The SMILES string of the molecule is Cc1ccc(C(C)NC(=O)NCC2CCN(Cc3cccs3)CC2)o1. The van der Waals surface area contributed by atoms with E-state index in [2.05, 4.69) is 33.0 Å². The van der Waals surface area contributed by atoms with Crippen molar-refractivity contribution in [2.75, 3.05) is 19.6 Å². The van der Waals surface area contributed by atoms with Gasteiger partial charge in [0.15, 0.2) is 0 Å². The topological polar surface area (TPSA) is 57.5 Å². The number of nitrogens with zero attached hydrogens (tertiary/aromatic N) is 1. The number of furan rings is 1. The van der Waals surface area contributed by atoms with Crippen LogP contribution in [0.25, 0.3) is 0 Å². The monoisotopic (exact) mass is 361 g/mol. The quantitative estimate of drug-likeness (QED) is 0.820. The van der Waals surface area contributed by atoms with Gasteiger partial charge in [-0.2, -0.15) is 0 Å². The minimum atomic E-state index is -0.124. The van der Waals surface area contributed by atoms with E-state index < -0.39 is 0 Å². The summed E-state index contributed by atoms with van der Waals surface area (Å²) in [5.74, 6) is 2.21. The number of rotatable bonds is 6. The number of thiophene rings is 1. The number of aryl methyl sites for hydroxylation is 1. The Kier molecular flexibility index (Phi) is 6.15. The van der Waals surface area contributed by atoms with Crippen molar-refractivity contribution in [3.05, 3.63) is 46.0 Å². The van der Waals surface area contributed by atoms with Gasteiger partial charge in [0.05, 0.1) is 6.04 Å². The molecule has 1 atom stereocenters. The van der Waals surface area contributed by atoms with E-state index in [1.807, 2.05) is 37.3 Å².